The van der Waals surface area contributed by atoms with Crippen LogP contribution in [0, 0.1) is 11.8 Å². The Kier molecular flexibility index (Phi) is 3.92. The highest BCUT2D eigenvalue weighted by atomic mass is 16.5. The van der Waals surface area contributed by atoms with Gasteiger partial charge in [-0.3, -0.25) is 0 Å². The van der Waals surface area contributed by atoms with Crippen molar-refractivity contribution in [2.45, 2.75) is 51.0 Å². The van der Waals surface area contributed by atoms with Gasteiger partial charge in [0.1, 0.15) is 0 Å². The molecule has 0 radical (unpaired) electrons. The molecule has 0 aromatic carbocycles. The minimum atomic E-state index is -0.0350. The summed E-state index contributed by atoms with van der Waals surface area (Å²) in [5.74, 6) is 2.12. The predicted molar refractivity (Wildman–Crippen MR) is 80.1 cm³/mol. The molecule has 0 amide bonds. The zero-order valence-corrected chi connectivity index (χ0v) is 13.0. The summed E-state index contributed by atoms with van der Waals surface area (Å²) in [6.45, 7) is 6.23. The third kappa shape index (κ3) is 2.79. The van der Waals surface area contributed by atoms with Crippen LogP contribution in [-0.4, -0.2) is 40.5 Å². The number of hydrogen-bond acceptors (Lipinski definition) is 6. The second kappa shape index (κ2) is 5.57. The lowest BCUT2D eigenvalue weighted by molar-refractivity contribution is 0.252. The SMILES string of the molecule is CC(C)c1noc(N2CCC(C3(N)CC3CCO)CC2)n1. The van der Waals surface area contributed by atoms with E-state index in [1.807, 2.05) is 0 Å². The summed E-state index contributed by atoms with van der Waals surface area (Å²) in [4.78, 5) is 6.63. The molecule has 6 nitrogen and oxygen atoms in total. The van der Waals surface area contributed by atoms with E-state index in [1.54, 1.807) is 0 Å². The van der Waals surface area contributed by atoms with Gasteiger partial charge in [-0.2, -0.15) is 4.98 Å². The van der Waals surface area contributed by atoms with Crippen molar-refractivity contribution in [3.63, 3.8) is 0 Å². The standard InChI is InChI=1S/C15H26N4O2/c1-10(2)13-17-14(21-18-13)19-6-3-11(4-7-19)15(16)9-12(15)5-8-20/h10-12,20H,3-9,16H2,1-2H3. The monoisotopic (exact) mass is 294 g/mol. The van der Waals surface area contributed by atoms with Crippen molar-refractivity contribution in [1.29, 1.82) is 0 Å². The summed E-state index contributed by atoms with van der Waals surface area (Å²) in [6.07, 6.45) is 4.05. The summed E-state index contributed by atoms with van der Waals surface area (Å²) in [6, 6.07) is 0.644. The summed E-state index contributed by atoms with van der Waals surface area (Å²) in [5, 5.41) is 13.1. The van der Waals surface area contributed by atoms with Gasteiger partial charge < -0.3 is 20.3 Å². The van der Waals surface area contributed by atoms with Crippen LogP contribution in [0.5, 0.6) is 0 Å². The lowest BCUT2D eigenvalue weighted by Gasteiger charge is -2.34. The maximum atomic E-state index is 9.05. The molecule has 2 aliphatic rings. The highest BCUT2D eigenvalue weighted by molar-refractivity contribution is 5.27. The molecule has 0 bridgehead atoms. The molecule has 1 aromatic rings. The van der Waals surface area contributed by atoms with Gasteiger partial charge >= 0.3 is 6.01 Å². The van der Waals surface area contributed by atoms with E-state index in [0.717, 1.165) is 44.6 Å². The van der Waals surface area contributed by atoms with Crippen molar-refractivity contribution in [3.8, 4) is 0 Å². The first-order valence-electron chi connectivity index (χ1n) is 8.03. The average Bonchev–Trinajstić information content (AvgIpc) is 2.91. The number of anilines is 1. The Morgan fingerprint density at radius 2 is 2.14 bits per heavy atom. The van der Waals surface area contributed by atoms with Crippen LogP contribution in [0.15, 0.2) is 4.52 Å². The minimum Gasteiger partial charge on any atom is -0.396 e. The molecule has 1 saturated carbocycles. The third-order valence-electron chi connectivity index (χ3n) is 5.15. The molecule has 6 heteroatoms. The van der Waals surface area contributed by atoms with Crippen molar-refractivity contribution in [2.24, 2.45) is 17.6 Å². The minimum absolute atomic E-state index is 0.0350. The predicted octanol–water partition coefficient (Wildman–Crippen LogP) is 1.51. The fourth-order valence-electron chi connectivity index (χ4n) is 3.59. The maximum absolute atomic E-state index is 9.05. The van der Waals surface area contributed by atoms with Crippen molar-refractivity contribution in [3.05, 3.63) is 5.82 Å². The third-order valence-corrected chi connectivity index (χ3v) is 5.15. The molecule has 3 rings (SSSR count). The molecule has 2 heterocycles. The molecule has 0 spiro atoms. The zero-order chi connectivity index (χ0) is 15.0. The molecule has 1 aliphatic carbocycles. The van der Waals surface area contributed by atoms with Crippen LogP contribution in [-0.2, 0) is 0 Å². The van der Waals surface area contributed by atoms with E-state index in [4.69, 9.17) is 15.4 Å². The number of nitrogens with two attached hydrogens (primary N) is 1. The normalized spacial score (nSPS) is 30.1. The van der Waals surface area contributed by atoms with Gasteiger partial charge in [-0.05, 0) is 37.5 Å². The quantitative estimate of drug-likeness (QED) is 0.855. The topological polar surface area (TPSA) is 88.4 Å². The van der Waals surface area contributed by atoms with Gasteiger partial charge in [-0.15, -0.1) is 0 Å². The Labute approximate surface area is 125 Å². The lowest BCUT2D eigenvalue weighted by atomic mass is 9.86. The summed E-state index contributed by atoms with van der Waals surface area (Å²) >= 11 is 0. The van der Waals surface area contributed by atoms with Crippen molar-refractivity contribution < 1.29 is 9.63 Å². The van der Waals surface area contributed by atoms with E-state index in [-0.39, 0.29) is 18.1 Å². The van der Waals surface area contributed by atoms with E-state index < -0.39 is 0 Å². The van der Waals surface area contributed by atoms with E-state index in [1.165, 1.54) is 0 Å². The largest absolute Gasteiger partial charge is 0.396 e. The van der Waals surface area contributed by atoms with Crippen LogP contribution in [0.1, 0.15) is 51.3 Å². The van der Waals surface area contributed by atoms with Crippen molar-refractivity contribution in [2.75, 3.05) is 24.6 Å². The molecule has 1 aliphatic heterocycles. The van der Waals surface area contributed by atoms with Crippen LogP contribution in [0.4, 0.5) is 6.01 Å². The molecule has 1 aromatic heterocycles. The molecular formula is C15H26N4O2. The Morgan fingerprint density at radius 3 is 2.71 bits per heavy atom. The van der Waals surface area contributed by atoms with Crippen LogP contribution >= 0.6 is 0 Å². The van der Waals surface area contributed by atoms with E-state index >= 15 is 0 Å². The second-order valence-corrected chi connectivity index (χ2v) is 6.88. The number of rotatable bonds is 5. The Bertz CT molecular complexity index is 482. The van der Waals surface area contributed by atoms with Crippen molar-refractivity contribution >= 4 is 6.01 Å². The van der Waals surface area contributed by atoms with Gasteiger partial charge in [-0.1, -0.05) is 19.0 Å². The van der Waals surface area contributed by atoms with Gasteiger partial charge in [0.2, 0.25) is 0 Å². The number of aromatic nitrogens is 2. The molecule has 1 saturated heterocycles. The van der Waals surface area contributed by atoms with Crippen LogP contribution in [0.2, 0.25) is 0 Å². The van der Waals surface area contributed by atoms with Gasteiger partial charge in [0.25, 0.3) is 0 Å². The second-order valence-electron chi connectivity index (χ2n) is 6.88. The molecule has 2 unspecified atom stereocenters. The Balaban J connectivity index is 1.55. The summed E-state index contributed by atoms with van der Waals surface area (Å²) < 4.78 is 5.36. The number of piperidine rings is 1. The van der Waals surface area contributed by atoms with Gasteiger partial charge in [0.05, 0.1) is 0 Å². The summed E-state index contributed by atoms with van der Waals surface area (Å²) in [7, 11) is 0. The smallest absolute Gasteiger partial charge is 0.324 e. The Morgan fingerprint density at radius 1 is 1.43 bits per heavy atom. The lowest BCUT2D eigenvalue weighted by Crippen LogP contribution is -2.43. The molecule has 3 N–H and O–H groups in total. The fourth-order valence-corrected chi connectivity index (χ4v) is 3.59. The molecule has 2 fully saturated rings. The first kappa shape index (κ1) is 14.8. The highest BCUT2D eigenvalue weighted by Crippen LogP contribution is 2.51. The zero-order valence-electron chi connectivity index (χ0n) is 13.0. The summed E-state index contributed by atoms with van der Waals surface area (Å²) in [5.41, 5.74) is 6.46. The van der Waals surface area contributed by atoms with Crippen LogP contribution < -0.4 is 10.6 Å². The molecular weight excluding hydrogens is 268 g/mol. The van der Waals surface area contributed by atoms with Crippen LogP contribution in [0.3, 0.4) is 0 Å². The first-order valence-corrected chi connectivity index (χ1v) is 8.03. The first-order chi connectivity index (χ1) is 10.0. The number of aliphatic hydroxyl groups is 1. The molecule has 21 heavy (non-hydrogen) atoms. The van der Waals surface area contributed by atoms with Gasteiger partial charge in [0, 0.05) is 31.2 Å². The number of aliphatic hydroxyl groups excluding tert-OH is 1. The van der Waals surface area contributed by atoms with E-state index in [2.05, 4.69) is 28.9 Å². The van der Waals surface area contributed by atoms with Gasteiger partial charge in [-0.25, -0.2) is 0 Å². The average molecular weight is 294 g/mol. The highest BCUT2D eigenvalue weighted by Gasteiger charge is 2.55. The van der Waals surface area contributed by atoms with Crippen LogP contribution in [0.25, 0.3) is 0 Å². The van der Waals surface area contributed by atoms with Gasteiger partial charge in [0.15, 0.2) is 5.82 Å². The number of hydrogen-bond donors (Lipinski definition) is 2. The fraction of sp³-hybridized carbons (Fsp3) is 0.867. The molecule has 2 atom stereocenters. The Hall–Kier alpha value is -1.14. The van der Waals surface area contributed by atoms with E-state index in [9.17, 15) is 0 Å². The van der Waals surface area contributed by atoms with Crippen molar-refractivity contribution in [1.82, 2.24) is 10.1 Å². The van der Waals surface area contributed by atoms with E-state index in [0.29, 0.717) is 17.9 Å². The number of nitrogens with zero attached hydrogens (tertiary/aromatic N) is 3. The maximum Gasteiger partial charge on any atom is 0.324 e. The molecule has 118 valence electrons.